The van der Waals surface area contributed by atoms with Gasteiger partial charge in [0.15, 0.2) is 5.76 Å². The third kappa shape index (κ3) is 3.15. The number of para-hydroxylation sites is 1. The van der Waals surface area contributed by atoms with Gasteiger partial charge in [0.25, 0.3) is 5.91 Å². The van der Waals surface area contributed by atoms with Gasteiger partial charge in [-0.3, -0.25) is 9.59 Å². The second kappa shape index (κ2) is 7.33. The van der Waals surface area contributed by atoms with Gasteiger partial charge in [0.2, 0.25) is 6.41 Å². The van der Waals surface area contributed by atoms with E-state index in [1.807, 2.05) is 6.07 Å². The Bertz CT molecular complexity index is 895. The number of hydrogen-bond acceptors (Lipinski definition) is 5. The lowest BCUT2D eigenvalue weighted by Gasteiger charge is -2.35. The molecule has 0 fully saturated rings. The molecule has 0 radical (unpaired) electrons. The van der Waals surface area contributed by atoms with Crippen molar-refractivity contribution in [2.75, 3.05) is 18.6 Å². The maximum atomic E-state index is 12.4. The molecule has 0 saturated carbocycles. The number of ether oxygens (including phenoxy) is 1. The first kappa shape index (κ1) is 18.2. The molecular formula is C20H18N2O5. The van der Waals surface area contributed by atoms with Gasteiger partial charge < -0.3 is 20.1 Å². The number of amides is 2. The van der Waals surface area contributed by atoms with Crippen LogP contribution >= 0.6 is 0 Å². The Hall–Kier alpha value is -3.61. The minimum Gasteiger partial charge on any atom is -0.503 e. The zero-order valence-corrected chi connectivity index (χ0v) is 14.6. The van der Waals surface area contributed by atoms with Crippen LogP contribution in [0.15, 0.2) is 72.0 Å². The van der Waals surface area contributed by atoms with Crippen LogP contribution in [0.2, 0.25) is 0 Å². The molecule has 0 aliphatic carbocycles. The van der Waals surface area contributed by atoms with E-state index < -0.39 is 23.2 Å². The summed E-state index contributed by atoms with van der Waals surface area (Å²) in [5.41, 5.74) is -0.575. The molecule has 0 bridgehead atoms. The number of aliphatic hydroxyl groups is 1. The number of nitrogens with zero attached hydrogens (tertiary/aromatic N) is 1. The number of rotatable bonds is 6. The first-order chi connectivity index (χ1) is 13.0. The van der Waals surface area contributed by atoms with E-state index in [0.717, 1.165) is 7.11 Å². The van der Waals surface area contributed by atoms with Crippen LogP contribution in [0, 0.1) is 0 Å². The van der Waals surface area contributed by atoms with E-state index in [1.165, 1.54) is 4.90 Å². The average Bonchev–Trinajstić information content (AvgIpc) is 2.98. The standard InChI is InChI=1S/C20H18N2O5/c1-27-19(26)16-17(24)18(25)21-20(16,14-8-4-2-5-9-14)12-22(13-23)15-10-6-3-7-11-15/h2-11,13,24H,12H2,1H3,(H,21,25)/t20-/m0/s1. The van der Waals surface area contributed by atoms with E-state index >= 15 is 0 Å². The first-order valence-corrected chi connectivity index (χ1v) is 8.20. The van der Waals surface area contributed by atoms with E-state index in [2.05, 4.69) is 5.32 Å². The van der Waals surface area contributed by atoms with Gasteiger partial charge in [-0.2, -0.15) is 0 Å². The summed E-state index contributed by atoms with van der Waals surface area (Å²) >= 11 is 0. The fourth-order valence-corrected chi connectivity index (χ4v) is 3.22. The topological polar surface area (TPSA) is 95.9 Å². The lowest BCUT2D eigenvalue weighted by atomic mass is 9.83. The van der Waals surface area contributed by atoms with Crippen LogP contribution in [0.1, 0.15) is 5.56 Å². The molecule has 138 valence electrons. The van der Waals surface area contributed by atoms with Gasteiger partial charge in [-0.05, 0) is 17.7 Å². The van der Waals surface area contributed by atoms with Crippen LogP contribution in [0.25, 0.3) is 0 Å². The number of nitrogens with one attached hydrogen (secondary N) is 1. The van der Waals surface area contributed by atoms with Crippen molar-refractivity contribution in [1.29, 1.82) is 0 Å². The predicted octanol–water partition coefficient (Wildman–Crippen LogP) is 1.66. The lowest BCUT2D eigenvalue weighted by Crippen LogP contribution is -2.52. The highest BCUT2D eigenvalue weighted by molar-refractivity contribution is 6.07. The van der Waals surface area contributed by atoms with Gasteiger partial charge in [-0.15, -0.1) is 0 Å². The van der Waals surface area contributed by atoms with Gasteiger partial charge >= 0.3 is 5.97 Å². The summed E-state index contributed by atoms with van der Waals surface area (Å²) < 4.78 is 4.79. The molecule has 0 spiro atoms. The van der Waals surface area contributed by atoms with Crippen molar-refractivity contribution >= 4 is 24.0 Å². The van der Waals surface area contributed by atoms with E-state index in [-0.39, 0.29) is 12.1 Å². The number of benzene rings is 2. The lowest BCUT2D eigenvalue weighted by molar-refractivity contribution is -0.137. The first-order valence-electron chi connectivity index (χ1n) is 8.20. The average molecular weight is 366 g/mol. The van der Waals surface area contributed by atoms with Gasteiger partial charge in [0.1, 0.15) is 11.1 Å². The molecule has 0 saturated heterocycles. The SMILES string of the molecule is COC(=O)C1=C(O)C(=O)N[C@@]1(CN(C=O)c1ccccc1)c1ccccc1. The molecule has 3 rings (SSSR count). The van der Waals surface area contributed by atoms with Crippen LogP contribution in [0.3, 0.4) is 0 Å². The molecular weight excluding hydrogens is 348 g/mol. The van der Waals surface area contributed by atoms with Crippen molar-refractivity contribution in [3.05, 3.63) is 77.6 Å². The Morgan fingerprint density at radius 1 is 1.15 bits per heavy atom. The summed E-state index contributed by atoms with van der Waals surface area (Å²) in [6.07, 6.45) is 0.608. The number of esters is 1. The van der Waals surface area contributed by atoms with Gasteiger partial charge in [0, 0.05) is 5.69 Å². The summed E-state index contributed by atoms with van der Waals surface area (Å²) in [6.45, 7) is -0.106. The molecule has 0 aromatic heterocycles. The molecule has 2 amide bonds. The second-order valence-electron chi connectivity index (χ2n) is 6.01. The number of aliphatic hydroxyl groups excluding tert-OH is 1. The third-order valence-electron chi connectivity index (χ3n) is 4.48. The number of hydrogen-bond donors (Lipinski definition) is 2. The fraction of sp³-hybridized carbons (Fsp3) is 0.150. The Labute approximate surface area is 155 Å². The Balaban J connectivity index is 2.17. The molecule has 1 aliphatic rings. The van der Waals surface area contributed by atoms with Crippen molar-refractivity contribution in [2.45, 2.75) is 5.54 Å². The molecule has 2 aromatic rings. The summed E-state index contributed by atoms with van der Waals surface area (Å²) in [5, 5.41) is 12.9. The van der Waals surface area contributed by atoms with E-state index in [1.54, 1.807) is 54.6 Å². The van der Waals surface area contributed by atoms with Crippen LogP contribution in [-0.4, -0.2) is 37.0 Å². The smallest absolute Gasteiger partial charge is 0.340 e. The Kier molecular flexibility index (Phi) is 4.94. The van der Waals surface area contributed by atoms with E-state index in [0.29, 0.717) is 17.7 Å². The molecule has 1 aliphatic heterocycles. The largest absolute Gasteiger partial charge is 0.503 e. The van der Waals surface area contributed by atoms with Gasteiger partial charge in [0.05, 0.1) is 13.7 Å². The molecule has 7 heteroatoms. The fourth-order valence-electron chi connectivity index (χ4n) is 3.22. The minimum absolute atomic E-state index is 0.106. The van der Waals surface area contributed by atoms with Crippen LogP contribution in [-0.2, 0) is 24.7 Å². The highest BCUT2D eigenvalue weighted by Gasteiger charge is 2.51. The molecule has 1 heterocycles. The van der Waals surface area contributed by atoms with Gasteiger partial charge in [-0.1, -0.05) is 48.5 Å². The maximum absolute atomic E-state index is 12.4. The summed E-state index contributed by atoms with van der Waals surface area (Å²) in [5.74, 6) is -2.38. The molecule has 2 aromatic carbocycles. The molecule has 0 unspecified atom stereocenters. The van der Waals surface area contributed by atoms with Crippen molar-refractivity contribution in [2.24, 2.45) is 0 Å². The number of carbonyl (C=O) groups excluding carboxylic acids is 3. The Morgan fingerprint density at radius 2 is 1.74 bits per heavy atom. The Morgan fingerprint density at radius 3 is 2.30 bits per heavy atom. The highest BCUT2D eigenvalue weighted by atomic mass is 16.5. The molecule has 1 atom stereocenters. The molecule has 27 heavy (non-hydrogen) atoms. The van der Waals surface area contributed by atoms with Gasteiger partial charge in [-0.25, -0.2) is 4.79 Å². The third-order valence-corrected chi connectivity index (χ3v) is 4.48. The zero-order chi connectivity index (χ0) is 19.4. The molecule has 7 nitrogen and oxygen atoms in total. The minimum atomic E-state index is -1.45. The number of carbonyl (C=O) groups is 3. The predicted molar refractivity (Wildman–Crippen MR) is 97.8 cm³/mol. The van der Waals surface area contributed by atoms with Crippen molar-refractivity contribution in [3.8, 4) is 0 Å². The van der Waals surface area contributed by atoms with Crippen molar-refractivity contribution in [3.63, 3.8) is 0 Å². The van der Waals surface area contributed by atoms with Crippen LogP contribution < -0.4 is 10.2 Å². The second-order valence-corrected chi connectivity index (χ2v) is 6.01. The summed E-state index contributed by atoms with van der Waals surface area (Å²) in [7, 11) is 1.16. The van der Waals surface area contributed by atoms with E-state index in [9.17, 15) is 19.5 Å². The van der Waals surface area contributed by atoms with Crippen molar-refractivity contribution < 1.29 is 24.2 Å². The number of anilines is 1. The normalized spacial score (nSPS) is 18.8. The van der Waals surface area contributed by atoms with Crippen LogP contribution in [0.5, 0.6) is 0 Å². The number of methoxy groups -OCH3 is 1. The van der Waals surface area contributed by atoms with Crippen molar-refractivity contribution in [1.82, 2.24) is 5.32 Å². The zero-order valence-electron chi connectivity index (χ0n) is 14.6. The highest BCUT2D eigenvalue weighted by Crippen LogP contribution is 2.38. The van der Waals surface area contributed by atoms with E-state index in [4.69, 9.17) is 4.74 Å². The maximum Gasteiger partial charge on any atom is 0.340 e. The van der Waals surface area contributed by atoms with Crippen LogP contribution in [0.4, 0.5) is 5.69 Å². The monoisotopic (exact) mass is 366 g/mol. The quantitative estimate of drug-likeness (QED) is 0.599. The summed E-state index contributed by atoms with van der Waals surface area (Å²) in [4.78, 5) is 37.8. The summed E-state index contributed by atoms with van der Waals surface area (Å²) in [6, 6.07) is 17.5. The molecule has 2 N–H and O–H groups in total.